The third-order valence-electron chi connectivity index (χ3n) is 3.93. The molecule has 3 nitrogen and oxygen atoms in total. The maximum Gasteiger partial charge on any atom is 0.230 e. The van der Waals surface area contributed by atoms with Crippen molar-refractivity contribution in [1.29, 1.82) is 0 Å². The predicted molar refractivity (Wildman–Crippen MR) is 108 cm³/mol. The van der Waals surface area contributed by atoms with E-state index in [2.05, 4.69) is 42.3 Å². The van der Waals surface area contributed by atoms with E-state index in [0.29, 0.717) is 11.6 Å². The van der Waals surface area contributed by atoms with Crippen LogP contribution >= 0.6 is 23.1 Å². The fraction of sp³-hybridized carbons (Fsp3) is 0.200. The maximum atomic E-state index is 12.2. The van der Waals surface area contributed by atoms with Gasteiger partial charge in [-0.05, 0) is 43.4 Å². The van der Waals surface area contributed by atoms with Gasteiger partial charge in [0.25, 0.3) is 0 Å². The third kappa shape index (κ3) is 4.50. The van der Waals surface area contributed by atoms with Crippen LogP contribution < -0.4 is 5.32 Å². The summed E-state index contributed by atoms with van der Waals surface area (Å²) in [6.45, 7) is 4.16. The number of hydrogen-bond donors (Lipinski definition) is 1. The Hall–Kier alpha value is -2.11. The molecule has 1 amide bonds. The quantitative estimate of drug-likeness (QED) is 0.619. The van der Waals surface area contributed by atoms with E-state index in [4.69, 9.17) is 0 Å². The number of carbonyl (C=O) groups is 1. The summed E-state index contributed by atoms with van der Waals surface area (Å²) in [6.07, 6.45) is 2.39. The van der Waals surface area contributed by atoms with Crippen molar-refractivity contribution in [2.45, 2.75) is 25.2 Å². The van der Waals surface area contributed by atoms with Crippen LogP contribution in [-0.2, 0) is 11.2 Å². The van der Waals surface area contributed by atoms with Gasteiger partial charge in [-0.25, -0.2) is 4.98 Å². The number of anilines is 1. The van der Waals surface area contributed by atoms with E-state index >= 15 is 0 Å². The number of nitrogens with one attached hydrogen (secondary N) is 1. The van der Waals surface area contributed by atoms with E-state index in [-0.39, 0.29) is 5.91 Å². The van der Waals surface area contributed by atoms with Gasteiger partial charge < -0.3 is 5.32 Å². The second-order valence-electron chi connectivity index (χ2n) is 5.93. The highest BCUT2D eigenvalue weighted by Crippen LogP contribution is 2.28. The number of amides is 1. The van der Waals surface area contributed by atoms with Crippen molar-refractivity contribution in [2.24, 2.45) is 0 Å². The Bertz CT molecular complexity index is 885. The Kier molecular flexibility index (Phi) is 5.56. The molecule has 0 atom stereocenters. The first-order valence-electron chi connectivity index (χ1n) is 8.01. The summed E-state index contributed by atoms with van der Waals surface area (Å²) >= 11 is 3.15. The van der Waals surface area contributed by atoms with Crippen molar-refractivity contribution in [3.63, 3.8) is 0 Å². The number of aryl methyl sites for hydroxylation is 2. The fourth-order valence-corrected chi connectivity index (χ4v) is 3.78. The third-order valence-corrected chi connectivity index (χ3v) is 5.43. The Morgan fingerprint density at radius 3 is 2.60 bits per heavy atom. The summed E-state index contributed by atoms with van der Waals surface area (Å²) in [6, 6.07) is 14.4. The molecule has 1 heterocycles. The van der Waals surface area contributed by atoms with Crippen LogP contribution in [0.2, 0.25) is 0 Å². The van der Waals surface area contributed by atoms with E-state index in [1.165, 1.54) is 27.4 Å². The first-order valence-corrected chi connectivity index (χ1v) is 10.1. The zero-order valence-corrected chi connectivity index (χ0v) is 16.1. The average molecular weight is 369 g/mol. The highest BCUT2D eigenvalue weighted by molar-refractivity contribution is 7.98. The molecule has 1 aromatic heterocycles. The van der Waals surface area contributed by atoms with E-state index < -0.39 is 0 Å². The molecule has 3 aromatic rings. The van der Waals surface area contributed by atoms with Crippen molar-refractivity contribution in [2.75, 3.05) is 11.6 Å². The summed E-state index contributed by atoms with van der Waals surface area (Å²) in [5.74, 6) is -0.0431. The number of carbonyl (C=O) groups excluding carboxylic acids is 1. The van der Waals surface area contributed by atoms with Gasteiger partial charge >= 0.3 is 0 Å². The van der Waals surface area contributed by atoms with Gasteiger partial charge in [0.05, 0.1) is 12.1 Å². The summed E-state index contributed by atoms with van der Waals surface area (Å²) in [7, 11) is 0. The standard InChI is InChI=1S/C20H20N2OS2/c1-13-4-9-17(14(2)10-13)18-12-25-20(21-18)22-19(23)11-15-5-7-16(24-3)8-6-15/h4-10,12H,11H2,1-3H3,(H,21,22,23). The molecule has 0 radical (unpaired) electrons. The van der Waals surface area contributed by atoms with Gasteiger partial charge in [-0.3, -0.25) is 4.79 Å². The van der Waals surface area contributed by atoms with Crippen LogP contribution in [0.1, 0.15) is 16.7 Å². The fourth-order valence-electron chi connectivity index (χ4n) is 2.65. The van der Waals surface area contributed by atoms with E-state index in [1.54, 1.807) is 11.8 Å². The normalized spacial score (nSPS) is 10.7. The highest BCUT2D eigenvalue weighted by atomic mass is 32.2. The predicted octanol–water partition coefficient (Wildman–Crippen LogP) is 5.33. The van der Waals surface area contributed by atoms with Gasteiger partial charge in [0, 0.05) is 15.8 Å². The molecule has 0 unspecified atom stereocenters. The average Bonchev–Trinajstić information content (AvgIpc) is 3.03. The van der Waals surface area contributed by atoms with Gasteiger partial charge in [-0.2, -0.15) is 0 Å². The van der Waals surface area contributed by atoms with E-state index in [0.717, 1.165) is 16.8 Å². The Morgan fingerprint density at radius 2 is 1.92 bits per heavy atom. The molecule has 0 saturated heterocycles. The van der Waals surface area contributed by atoms with Gasteiger partial charge in [-0.1, -0.05) is 35.9 Å². The van der Waals surface area contributed by atoms with Crippen LogP contribution in [0.25, 0.3) is 11.3 Å². The molecule has 0 aliphatic rings. The Balaban J connectivity index is 1.67. The summed E-state index contributed by atoms with van der Waals surface area (Å²) in [4.78, 5) is 18.0. The molecular weight excluding hydrogens is 348 g/mol. The molecule has 0 aliphatic heterocycles. The number of hydrogen-bond acceptors (Lipinski definition) is 4. The molecule has 0 aliphatic carbocycles. The molecule has 0 spiro atoms. The van der Waals surface area contributed by atoms with E-state index in [1.807, 2.05) is 35.9 Å². The van der Waals surface area contributed by atoms with Crippen LogP contribution in [0.15, 0.2) is 52.7 Å². The zero-order chi connectivity index (χ0) is 17.8. The summed E-state index contributed by atoms with van der Waals surface area (Å²) in [5.41, 5.74) is 5.44. The number of aromatic nitrogens is 1. The lowest BCUT2D eigenvalue weighted by Gasteiger charge is -2.04. The molecule has 25 heavy (non-hydrogen) atoms. The first kappa shape index (κ1) is 17.7. The molecule has 3 rings (SSSR count). The minimum absolute atomic E-state index is 0.0431. The SMILES string of the molecule is CSc1ccc(CC(=O)Nc2nc(-c3ccc(C)cc3C)cs2)cc1. The van der Waals surface area contributed by atoms with Crippen molar-refractivity contribution in [3.8, 4) is 11.3 Å². The van der Waals surface area contributed by atoms with Crippen LogP contribution in [0.3, 0.4) is 0 Å². The van der Waals surface area contributed by atoms with Crippen molar-refractivity contribution in [1.82, 2.24) is 4.98 Å². The molecule has 1 N–H and O–H groups in total. The van der Waals surface area contributed by atoms with Gasteiger partial charge in [0.1, 0.15) is 0 Å². The largest absolute Gasteiger partial charge is 0.302 e. The minimum Gasteiger partial charge on any atom is -0.302 e. The second kappa shape index (κ2) is 7.85. The Labute approximate surface area is 156 Å². The minimum atomic E-state index is -0.0431. The van der Waals surface area contributed by atoms with Gasteiger partial charge in [0.2, 0.25) is 5.91 Å². The van der Waals surface area contributed by atoms with Gasteiger partial charge in [0.15, 0.2) is 5.13 Å². The van der Waals surface area contributed by atoms with Gasteiger partial charge in [-0.15, -0.1) is 23.1 Å². The van der Waals surface area contributed by atoms with Crippen molar-refractivity contribution >= 4 is 34.1 Å². The molecular formula is C20H20N2OS2. The van der Waals surface area contributed by atoms with Crippen LogP contribution in [-0.4, -0.2) is 17.1 Å². The molecule has 0 fully saturated rings. The lowest BCUT2D eigenvalue weighted by molar-refractivity contribution is -0.115. The number of rotatable bonds is 5. The van der Waals surface area contributed by atoms with Crippen molar-refractivity contribution < 1.29 is 4.79 Å². The smallest absolute Gasteiger partial charge is 0.230 e. The van der Waals surface area contributed by atoms with Crippen LogP contribution in [0.5, 0.6) is 0 Å². The van der Waals surface area contributed by atoms with Crippen LogP contribution in [0.4, 0.5) is 5.13 Å². The zero-order valence-electron chi connectivity index (χ0n) is 14.5. The lowest BCUT2D eigenvalue weighted by atomic mass is 10.0. The molecule has 0 saturated carbocycles. The molecule has 128 valence electrons. The van der Waals surface area contributed by atoms with E-state index in [9.17, 15) is 4.79 Å². The summed E-state index contributed by atoms with van der Waals surface area (Å²) < 4.78 is 0. The Morgan fingerprint density at radius 1 is 1.16 bits per heavy atom. The maximum absolute atomic E-state index is 12.2. The number of thioether (sulfide) groups is 1. The molecule has 2 aromatic carbocycles. The number of benzene rings is 2. The number of nitrogens with zero attached hydrogens (tertiary/aromatic N) is 1. The summed E-state index contributed by atoms with van der Waals surface area (Å²) in [5, 5.41) is 5.53. The number of thiazole rings is 1. The van der Waals surface area contributed by atoms with Crippen molar-refractivity contribution in [3.05, 3.63) is 64.5 Å². The van der Waals surface area contributed by atoms with Crippen LogP contribution in [0, 0.1) is 13.8 Å². The molecule has 0 bridgehead atoms. The first-order chi connectivity index (χ1) is 12.0. The highest BCUT2D eigenvalue weighted by Gasteiger charge is 2.10. The second-order valence-corrected chi connectivity index (χ2v) is 7.67. The lowest BCUT2D eigenvalue weighted by Crippen LogP contribution is -2.14. The monoisotopic (exact) mass is 368 g/mol. The topological polar surface area (TPSA) is 42.0 Å². The molecule has 5 heteroatoms.